The summed E-state index contributed by atoms with van der Waals surface area (Å²) >= 11 is 11.5. The zero-order valence-electron chi connectivity index (χ0n) is 44.2. The number of benzene rings is 4. The lowest BCUT2D eigenvalue weighted by molar-refractivity contribution is -0.385. The Morgan fingerprint density at radius 1 is 0.938 bits per heavy atom. The molecule has 3 atom stereocenters. The molecule has 0 saturated heterocycles. The first-order chi connectivity index (χ1) is 37.3. The van der Waals surface area contributed by atoms with E-state index in [0.717, 1.165) is 72.0 Å². The number of aryl methyl sites for hydroxylation is 2. The van der Waals surface area contributed by atoms with Gasteiger partial charge in [0, 0.05) is 57.2 Å². The third kappa shape index (κ3) is 21.9. The van der Waals surface area contributed by atoms with Crippen molar-refractivity contribution in [3.05, 3.63) is 126 Å². The van der Waals surface area contributed by atoms with Gasteiger partial charge in [0.05, 0.1) is 55.5 Å². The number of amides is 2. The number of nitrogens with two attached hydrogens (primary N) is 1. The average molecular weight is 1240 g/mol. The monoisotopic (exact) mass is 1240 g/mol. The van der Waals surface area contributed by atoms with E-state index >= 15 is 0 Å². The van der Waals surface area contributed by atoms with Crippen LogP contribution in [-0.4, -0.2) is 129 Å². The molecule has 5 rings (SSSR count). The van der Waals surface area contributed by atoms with Crippen LogP contribution in [0.3, 0.4) is 0 Å². The fraction of sp³-hybridized carbons (Fsp3) is 0.388. The van der Waals surface area contributed by atoms with Gasteiger partial charge in [-0.05, 0) is 80.6 Å². The van der Waals surface area contributed by atoms with Crippen molar-refractivity contribution in [3.8, 4) is 11.5 Å². The summed E-state index contributed by atoms with van der Waals surface area (Å²) in [6.07, 6.45) is -1.69. The Hall–Kier alpha value is -6.72. The second-order valence-corrected chi connectivity index (χ2v) is 24.8. The van der Waals surface area contributed by atoms with Crippen molar-refractivity contribution in [1.82, 2.24) is 4.72 Å². The predicted octanol–water partition coefficient (Wildman–Crippen LogP) is 7.72. The van der Waals surface area contributed by atoms with Gasteiger partial charge in [-0.15, -0.1) is 11.6 Å². The van der Waals surface area contributed by atoms with Crippen LogP contribution in [0.5, 0.6) is 11.5 Å². The number of carboxylic acids is 1. The number of ketones is 3. The third-order valence-corrected chi connectivity index (χ3v) is 14.4. The minimum atomic E-state index is -4.62. The quantitative estimate of drug-likeness (QED) is 0.0174. The Balaban J connectivity index is 0.000000385. The summed E-state index contributed by atoms with van der Waals surface area (Å²) in [5.41, 5.74) is 4.79. The van der Waals surface area contributed by atoms with Crippen LogP contribution >= 0.6 is 30.6 Å². The molecule has 32 heteroatoms. The molecular formula is C49H57Cl2F3N5O19PS2. The molecule has 444 valence electrons. The molecule has 81 heavy (non-hydrogen) atoms. The maximum atomic E-state index is 12.7. The summed E-state index contributed by atoms with van der Waals surface area (Å²) in [7, 11) is -9.16. The molecule has 1 fully saturated rings. The minimum absolute atomic E-state index is 0.0223. The fourth-order valence-corrected chi connectivity index (χ4v) is 9.50. The number of hydrogen-bond acceptors (Lipinski definition) is 18. The number of alkyl halides is 4. The molecule has 4 aromatic rings. The number of carboxylic acid groups (broad SMARTS) is 1. The van der Waals surface area contributed by atoms with E-state index in [2.05, 4.69) is 13.0 Å². The van der Waals surface area contributed by atoms with E-state index in [-0.39, 0.29) is 59.6 Å². The molecule has 0 aromatic heterocycles. The van der Waals surface area contributed by atoms with E-state index in [1.54, 1.807) is 16.7 Å². The molecule has 5 N–H and O–H groups in total. The van der Waals surface area contributed by atoms with Crippen LogP contribution in [0.15, 0.2) is 77.7 Å². The van der Waals surface area contributed by atoms with Crippen molar-refractivity contribution in [3.63, 3.8) is 0 Å². The first-order valence-electron chi connectivity index (χ1n) is 23.5. The van der Waals surface area contributed by atoms with Gasteiger partial charge < -0.3 is 30.1 Å². The van der Waals surface area contributed by atoms with E-state index in [1.807, 2.05) is 26.0 Å². The van der Waals surface area contributed by atoms with E-state index < -0.39 is 118 Å². The van der Waals surface area contributed by atoms with Crippen molar-refractivity contribution in [2.24, 2.45) is 11.7 Å². The fourth-order valence-electron chi connectivity index (χ4n) is 7.31. The first kappa shape index (κ1) is 70.4. The SMILES string of the molecule is CCc1cccc(C)c1N(C(=O)CCl)C(C)COC.CP(=O)(O)CCC(N)C(=O)O.CS(=O)(=O)NC(=O)c1cc(Oc2ccc(C(F)(F)F)cc2Cl)ccc1[N+](=O)[O-].CS(=O)(=O)c1ccc(C(=O)C2C(=O)CCCC2=O)c([N+](=O)[O-])c1. The van der Waals surface area contributed by atoms with Gasteiger partial charge >= 0.3 is 12.1 Å². The molecule has 2 amide bonds. The van der Waals surface area contributed by atoms with Gasteiger partial charge in [0.25, 0.3) is 17.3 Å². The molecule has 0 aliphatic heterocycles. The highest BCUT2D eigenvalue weighted by molar-refractivity contribution is 7.90. The summed E-state index contributed by atoms with van der Waals surface area (Å²) in [6, 6.07) is 12.9. The molecule has 1 saturated carbocycles. The molecule has 4 aromatic carbocycles. The predicted molar refractivity (Wildman–Crippen MR) is 291 cm³/mol. The number of carbonyl (C=O) groups is 6. The van der Waals surface area contributed by atoms with Crippen LogP contribution in [0.25, 0.3) is 0 Å². The van der Waals surface area contributed by atoms with E-state index in [9.17, 15) is 83.6 Å². The summed E-state index contributed by atoms with van der Waals surface area (Å²) in [5.74, 6) is -6.54. The van der Waals surface area contributed by atoms with E-state index in [1.165, 1.54) is 6.66 Å². The maximum Gasteiger partial charge on any atom is 0.416 e. The molecule has 0 radical (unpaired) electrons. The molecule has 24 nitrogen and oxygen atoms in total. The summed E-state index contributed by atoms with van der Waals surface area (Å²) in [4.78, 5) is 101. The number of nitrogens with one attached hydrogen (secondary N) is 1. The number of hydrogen-bond donors (Lipinski definition) is 4. The van der Waals surface area contributed by atoms with Gasteiger partial charge in [0.15, 0.2) is 34.6 Å². The summed E-state index contributed by atoms with van der Waals surface area (Å²) < 4.78 is 106. The Bertz CT molecular complexity index is 3290. The zero-order valence-corrected chi connectivity index (χ0v) is 48.3. The Labute approximate surface area is 472 Å². The van der Waals surface area contributed by atoms with Crippen molar-refractivity contribution in [2.75, 3.05) is 49.8 Å². The molecule has 0 spiro atoms. The first-order valence-corrected chi connectivity index (χ1v) is 30.4. The van der Waals surface area contributed by atoms with Crippen LogP contribution in [0.2, 0.25) is 5.02 Å². The number of ether oxygens (including phenoxy) is 2. The normalized spacial score (nSPS) is 14.1. The number of Topliss-reactive ketones (excluding diaryl/α,β-unsaturated/α-hetero) is 3. The molecule has 3 unspecified atom stereocenters. The van der Waals surface area contributed by atoms with Gasteiger partial charge in [0.1, 0.15) is 34.9 Å². The second kappa shape index (κ2) is 30.4. The van der Waals surface area contributed by atoms with Crippen molar-refractivity contribution >= 4 is 103 Å². The molecule has 1 aliphatic rings. The molecule has 1 aliphatic carbocycles. The number of methoxy groups -OCH3 is 1. The minimum Gasteiger partial charge on any atom is -0.480 e. The highest BCUT2D eigenvalue weighted by Gasteiger charge is 2.39. The van der Waals surface area contributed by atoms with Gasteiger partial charge in [-0.1, -0.05) is 36.7 Å². The van der Waals surface area contributed by atoms with Crippen LogP contribution < -0.4 is 20.1 Å². The zero-order chi connectivity index (χ0) is 62.1. The summed E-state index contributed by atoms with van der Waals surface area (Å²) in [6.45, 7) is 7.74. The Morgan fingerprint density at radius 3 is 2.00 bits per heavy atom. The maximum absolute atomic E-state index is 12.7. The number of anilines is 1. The van der Waals surface area contributed by atoms with Crippen molar-refractivity contribution < 1.29 is 92.7 Å². The number of rotatable bonds is 19. The third-order valence-electron chi connectivity index (χ3n) is 11.1. The summed E-state index contributed by atoms with van der Waals surface area (Å²) in [5, 5.41) is 30.1. The van der Waals surface area contributed by atoms with E-state index in [0.29, 0.717) is 31.4 Å². The highest BCUT2D eigenvalue weighted by atomic mass is 35.5. The average Bonchev–Trinajstić information content (AvgIpc) is 3.37. The number of sulfonamides is 1. The number of aliphatic carboxylic acids is 1. The molecular weight excluding hydrogens is 1190 g/mol. The number of nitro benzene ring substituents is 2. The highest BCUT2D eigenvalue weighted by Crippen LogP contribution is 2.38. The van der Waals surface area contributed by atoms with Gasteiger partial charge in [-0.25, -0.2) is 21.6 Å². The lowest BCUT2D eigenvalue weighted by Gasteiger charge is -2.31. The van der Waals surface area contributed by atoms with Crippen LogP contribution in [-0.2, 0) is 60.9 Å². The van der Waals surface area contributed by atoms with Gasteiger partial charge in [-0.2, -0.15) is 13.2 Å². The van der Waals surface area contributed by atoms with Crippen molar-refractivity contribution in [1.29, 1.82) is 0 Å². The van der Waals surface area contributed by atoms with E-state index in [4.69, 9.17) is 48.4 Å². The largest absolute Gasteiger partial charge is 0.480 e. The smallest absolute Gasteiger partial charge is 0.416 e. The second-order valence-electron chi connectivity index (χ2n) is 17.8. The van der Waals surface area contributed by atoms with Gasteiger partial charge in [-0.3, -0.25) is 53.6 Å². The number of carbonyl (C=O) groups excluding carboxylic acids is 5. The molecule has 0 bridgehead atoms. The number of para-hydroxylation sites is 1. The van der Waals surface area contributed by atoms with Gasteiger partial charge in [0.2, 0.25) is 15.9 Å². The Kier molecular flexibility index (Phi) is 26.4. The lowest BCUT2D eigenvalue weighted by Crippen LogP contribution is -2.43. The molecule has 0 heterocycles. The van der Waals surface area contributed by atoms with Crippen molar-refractivity contribution in [2.45, 2.75) is 76.0 Å². The number of nitro groups is 2. The van der Waals surface area contributed by atoms with Crippen LogP contribution in [0.4, 0.5) is 30.2 Å². The van der Waals surface area contributed by atoms with Crippen LogP contribution in [0, 0.1) is 33.1 Å². The topological polar surface area (TPSA) is 374 Å². The lowest BCUT2D eigenvalue weighted by atomic mass is 9.81. The number of sulfone groups is 1. The number of nitrogens with zero attached hydrogens (tertiary/aromatic N) is 3. The number of halogens is 5. The standard InChI is InChI=1S/C15H10ClF3N2O6S.C15H22ClNO2.C14H13NO7S.C5H12NO4P/c1-28(25,26)20-14(22)10-7-9(3-4-12(10)21(23)24)27-13-5-2-8(6-11(13)16)15(17,18)19;1-5-13-8-6-7-11(2)15(13)17(14(18)9-16)12(3)10-19-4;1-23(21,22)8-5-6-9(10(7-8)15(19)20)14(18)13-11(16)3-2-4-12(13)17;1-11(9,10)3-2-4(6)5(7)8/h2-7H,1H3,(H,20,22);6-8,12H,5,9-10H2,1-4H3;5-7,13H,2-4H2,1H3;4H,2-3,6H2,1H3,(H,7,8)(H,9,10). The Morgan fingerprint density at radius 2 is 1.53 bits per heavy atom. The van der Waals surface area contributed by atoms with Crippen LogP contribution in [0.1, 0.15) is 76.9 Å².